The third-order valence-corrected chi connectivity index (χ3v) is 6.78. The molecule has 0 bridgehead atoms. The van der Waals surface area contributed by atoms with E-state index in [9.17, 15) is 12.8 Å². The minimum Gasteiger partial charge on any atom is -0.381 e. The van der Waals surface area contributed by atoms with Gasteiger partial charge in [-0.15, -0.1) is 0 Å². The fourth-order valence-electron chi connectivity index (χ4n) is 3.48. The molecule has 0 aromatic heterocycles. The summed E-state index contributed by atoms with van der Waals surface area (Å²) in [5, 5.41) is 0. The highest BCUT2D eigenvalue weighted by molar-refractivity contribution is 7.89. The number of rotatable bonds is 6. The quantitative estimate of drug-likeness (QED) is 0.810. The Labute approximate surface area is 160 Å². The van der Waals surface area contributed by atoms with Gasteiger partial charge in [0, 0.05) is 25.2 Å². The second-order valence-electron chi connectivity index (χ2n) is 7.45. The van der Waals surface area contributed by atoms with E-state index in [0.29, 0.717) is 32.0 Å². The smallest absolute Gasteiger partial charge is 0.240 e. The number of halogens is 1. The summed E-state index contributed by atoms with van der Waals surface area (Å²) < 4.78 is 47.1. The van der Waals surface area contributed by atoms with Crippen LogP contribution in [0.2, 0.25) is 0 Å². The van der Waals surface area contributed by atoms with Crippen LogP contribution < -0.4 is 4.72 Å². The van der Waals surface area contributed by atoms with Crippen molar-refractivity contribution in [3.8, 4) is 0 Å². The van der Waals surface area contributed by atoms with Gasteiger partial charge in [-0.3, -0.25) is 0 Å². The van der Waals surface area contributed by atoms with Crippen LogP contribution in [0.5, 0.6) is 0 Å². The predicted molar refractivity (Wildman–Crippen MR) is 104 cm³/mol. The Bertz CT molecular complexity index is 855. The van der Waals surface area contributed by atoms with Gasteiger partial charge in [0.05, 0.1) is 4.90 Å². The molecule has 0 unspecified atom stereocenters. The summed E-state index contributed by atoms with van der Waals surface area (Å²) in [6.07, 6.45) is 1.38. The van der Waals surface area contributed by atoms with E-state index in [1.165, 1.54) is 12.1 Å². The molecule has 0 spiro atoms. The number of ether oxygens (including phenoxy) is 1. The van der Waals surface area contributed by atoms with Gasteiger partial charge in [-0.25, -0.2) is 17.5 Å². The van der Waals surface area contributed by atoms with Crippen LogP contribution in [0.4, 0.5) is 4.39 Å². The summed E-state index contributed by atoms with van der Waals surface area (Å²) in [5.41, 5.74) is 1.64. The van der Waals surface area contributed by atoms with E-state index in [2.05, 4.69) is 18.6 Å². The van der Waals surface area contributed by atoms with Crippen molar-refractivity contribution in [2.75, 3.05) is 19.8 Å². The lowest BCUT2D eigenvalue weighted by Gasteiger charge is -2.38. The third-order valence-electron chi connectivity index (χ3n) is 5.36. The fraction of sp³-hybridized carbons (Fsp3) is 0.429. The lowest BCUT2D eigenvalue weighted by atomic mass is 9.74. The van der Waals surface area contributed by atoms with E-state index >= 15 is 0 Å². The molecule has 27 heavy (non-hydrogen) atoms. The van der Waals surface area contributed by atoms with Crippen LogP contribution in [0, 0.1) is 5.82 Å². The summed E-state index contributed by atoms with van der Waals surface area (Å²) in [4.78, 5) is 0.258. The van der Waals surface area contributed by atoms with Gasteiger partial charge < -0.3 is 4.74 Å². The first-order chi connectivity index (χ1) is 12.8. The van der Waals surface area contributed by atoms with Crippen molar-refractivity contribution in [3.05, 3.63) is 65.5 Å². The van der Waals surface area contributed by atoms with Crippen molar-refractivity contribution in [2.45, 2.75) is 42.9 Å². The van der Waals surface area contributed by atoms with Gasteiger partial charge in [-0.1, -0.05) is 38.1 Å². The molecule has 2 aromatic rings. The fourth-order valence-corrected chi connectivity index (χ4v) is 4.61. The SMILES string of the molecule is CC(C)c1ccc(S(=O)(=O)NCC2(c3ccc(F)cc3)CCOCC2)cc1. The zero-order chi connectivity index (χ0) is 19.5. The van der Waals surface area contributed by atoms with Crippen molar-refractivity contribution in [1.82, 2.24) is 4.72 Å². The van der Waals surface area contributed by atoms with Gasteiger partial charge in [-0.2, -0.15) is 0 Å². The number of sulfonamides is 1. The van der Waals surface area contributed by atoms with E-state index in [1.807, 2.05) is 12.1 Å². The standard InChI is InChI=1S/C21H26FNO3S/c1-16(2)17-3-9-20(10-4-17)27(24,25)23-15-21(11-13-26-14-12-21)18-5-7-19(22)8-6-18/h3-10,16,23H,11-15H2,1-2H3. The van der Waals surface area contributed by atoms with Crippen LogP contribution >= 0.6 is 0 Å². The summed E-state index contributed by atoms with van der Waals surface area (Å²) in [7, 11) is -3.62. The average molecular weight is 392 g/mol. The molecule has 1 aliphatic heterocycles. The highest BCUT2D eigenvalue weighted by Crippen LogP contribution is 2.35. The molecule has 1 N–H and O–H groups in total. The second kappa shape index (κ2) is 8.09. The van der Waals surface area contributed by atoms with E-state index in [1.54, 1.807) is 24.3 Å². The Balaban J connectivity index is 1.81. The zero-order valence-corrected chi connectivity index (χ0v) is 16.6. The summed E-state index contributed by atoms with van der Waals surface area (Å²) in [6, 6.07) is 13.3. The first kappa shape index (κ1) is 20.0. The van der Waals surface area contributed by atoms with Crippen molar-refractivity contribution >= 4 is 10.0 Å². The number of hydrogen-bond donors (Lipinski definition) is 1. The van der Waals surface area contributed by atoms with E-state index in [0.717, 1.165) is 11.1 Å². The lowest BCUT2D eigenvalue weighted by Crippen LogP contribution is -2.44. The van der Waals surface area contributed by atoms with Gasteiger partial charge in [0.1, 0.15) is 5.82 Å². The van der Waals surface area contributed by atoms with Crippen molar-refractivity contribution in [1.29, 1.82) is 0 Å². The minimum atomic E-state index is -3.62. The number of nitrogens with one attached hydrogen (secondary N) is 1. The molecule has 1 fully saturated rings. The van der Waals surface area contributed by atoms with E-state index < -0.39 is 15.4 Å². The molecule has 1 heterocycles. The Hall–Kier alpha value is -1.76. The van der Waals surface area contributed by atoms with Gasteiger partial charge in [0.2, 0.25) is 10.0 Å². The van der Waals surface area contributed by atoms with Crippen molar-refractivity contribution in [3.63, 3.8) is 0 Å². The maximum absolute atomic E-state index is 13.3. The van der Waals surface area contributed by atoms with Crippen molar-refractivity contribution < 1.29 is 17.5 Å². The molecular formula is C21H26FNO3S. The van der Waals surface area contributed by atoms with Crippen LogP contribution in [0.1, 0.15) is 43.7 Å². The third kappa shape index (κ3) is 4.57. The molecule has 1 aliphatic rings. The first-order valence-electron chi connectivity index (χ1n) is 9.26. The lowest BCUT2D eigenvalue weighted by molar-refractivity contribution is 0.0517. The molecule has 6 heteroatoms. The molecule has 0 aliphatic carbocycles. The summed E-state index contributed by atoms with van der Waals surface area (Å²) in [5.74, 6) is 0.0467. The molecule has 1 saturated heterocycles. The normalized spacial score (nSPS) is 17.2. The molecule has 4 nitrogen and oxygen atoms in total. The molecule has 3 rings (SSSR count). The molecule has 146 valence electrons. The highest BCUT2D eigenvalue weighted by atomic mass is 32.2. The molecule has 0 saturated carbocycles. The molecule has 0 atom stereocenters. The van der Waals surface area contributed by atoms with E-state index in [4.69, 9.17) is 4.74 Å². The molecular weight excluding hydrogens is 365 g/mol. The van der Waals surface area contributed by atoms with Crippen LogP contribution in [-0.2, 0) is 20.2 Å². The van der Waals surface area contributed by atoms with Gasteiger partial charge in [-0.05, 0) is 54.2 Å². The van der Waals surface area contributed by atoms with Crippen LogP contribution in [0.15, 0.2) is 53.4 Å². The average Bonchev–Trinajstić information content (AvgIpc) is 2.68. The Kier molecular flexibility index (Phi) is 5.99. The largest absolute Gasteiger partial charge is 0.381 e. The van der Waals surface area contributed by atoms with Crippen LogP contribution in [0.25, 0.3) is 0 Å². The minimum absolute atomic E-state index is 0.258. The summed E-state index contributed by atoms with van der Waals surface area (Å²) >= 11 is 0. The Morgan fingerprint density at radius 1 is 1.04 bits per heavy atom. The maximum Gasteiger partial charge on any atom is 0.240 e. The highest BCUT2D eigenvalue weighted by Gasteiger charge is 2.35. The summed E-state index contributed by atoms with van der Waals surface area (Å²) in [6.45, 7) is 5.51. The Morgan fingerprint density at radius 3 is 2.19 bits per heavy atom. The Morgan fingerprint density at radius 2 is 1.63 bits per heavy atom. The molecule has 2 aromatic carbocycles. The van der Waals surface area contributed by atoms with Gasteiger partial charge >= 0.3 is 0 Å². The number of benzene rings is 2. The van der Waals surface area contributed by atoms with Crippen LogP contribution in [0.3, 0.4) is 0 Å². The van der Waals surface area contributed by atoms with Crippen LogP contribution in [-0.4, -0.2) is 28.2 Å². The molecule has 0 radical (unpaired) electrons. The van der Waals surface area contributed by atoms with Gasteiger partial charge in [0.15, 0.2) is 0 Å². The molecule has 0 amide bonds. The zero-order valence-electron chi connectivity index (χ0n) is 15.7. The van der Waals surface area contributed by atoms with Crippen molar-refractivity contribution in [2.24, 2.45) is 0 Å². The maximum atomic E-state index is 13.3. The van der Waals surface area contributed by atoms with Gasteiger partial charge in [0.25, 0.3) is 0 Å². The van der Waals surface area contributed by atoms with E-state index in [-0.39, 0.29) is 17.3 Å². The predicted octanol–water partition coefficient (Wildman–Crippen LogP) is 3.98. The second-order valence-corrected chi connectivity index (χ2v) is 9.21. The topological polar surface area (TPSA) is 55.4 Å². The number of hydrogen-bond acceptors (Lipinski definition) is 3. The first-order valence-corrected chi connectivity index (χ1v) is 10.7. The monoisotopic (exact) mass is 391 g/mol.